The average Bonchev–Trinajstić information content (AvgIpc) is 2.62. The highest BCUT2D eigenvalue weighted by Gasteiger charge is 2.08. The van der Waals surface area contributed by atoms with E-state index in [1.807, 2.05) is 20.2 Å². The summed E-state index contributed by atoms with van der Waals surface area (Å²) in [6.07, 6.45) is 2.91. The van der Waals surface area contributed by atoms with Crippen LogP contribution in [0.25, 0.3) is 10.9 Å². The van der Waals surface area contributed by atoms with Crippen molar-refractivity contribution in [2.75, 3.05) is 0 Å². The topological polar surface area (TPSA) is 28.7 Å². The largest absolute Gasteiger partial charge is 0.351 e. The van der Waals surface area contributed by atoms with Crippen LogP contribution in [0.2, 0.25) is 0 Å². The Morgan fingerprint density at radius 3 is 2.87 bits per heavy atom. The average molecular weight is 198 g/mol. The first kappa shape index (κ1) is 9.79. The van der Waals surface area contributed by atoms with Crippen molar-refractivity contribution in [3.8, 4) is 6.07 Å². The number of nitrogens with zero attached hydrogens (tertiary/aromatic N) is 2. The molecule has 1 atom stereocenters. The lowest BCUT2D eigenvalue weighted by Crippen LogP contribution is -1.93. The first-order chi connectivity index (χ1) is 7.26. The molecule has 1 heterocycles. The minimum Gasteiger partial charge on any atom is -0.351 e. The molecule has 0 N–H and O–H groups in total. The Balaban J connectivity index is 2.52. The van der Waals surface area contributed by atoms with Gasteiger partial charge in [-0.05, 0) is 35.6 Å². The first-order valence-corrected chi connectivity index (χ1v) is 5.21. The summed E-state index contributed by atoms with van der Waals surface area (Å²) in [7, 11) is 2.03. The summed E-state index contributed by atoms with van der Waals surface area (Å²) in [6, 6.07) is 10.7. The van der Waals surface area contributed by atoms with E-state index in [-0.39, 0.29) is 5.92 Å². The maximum absolute atomic E-state index is 9.00. The van der Waals surface area contributed by atoms with Crippen LogP contribution in [0, 0.1) is 11.3 Å². The van der Waals surface area contributed by atoms with Gasteiger partial charge in [0.25, 0.3) is 0 Å². The Morgan fingerprint density at radius 1 is 1.40 bits per heavy atom. The Hall–Kier alpha value is -1.75. The van der Waals surface area contributed by atoms with Gasteiger partial charge in [0.2, 0.25) is 0 Å². The lowest BCUT2D eigenvalue weighted by molar-refractivity contribution is 0.819. The SMILES string of the molecule is CCC(C#N)c1ccc2c(ccn2C)c1. The zero-order chi connectivity index (χ0) is 10.8. The maximum Gasteiger partial charge on any atom is 0.0710 e. The van der Waals surface area contributed by atoms with E-state index in [1.54, 1.807) is 0 Å². The molecule has 1 aromatic carbocycles. The Morgan fingerprint density at radius 2 is 2.20 bits per heavy atom. The third-order valence-corrected chi connectivity index (χ3v) is 2.88. The number of aryl methyl sites for hydroxylation is 1. The van der Waals surface area contributed by atoms with Gasteiger partial charge in [-0.1, -0.05) is 13.0 Å². The zero-order valence-corrected chi connectivity index (χ0v) is 9.07. The summed E-state index contributed by atoms with van der Waals surface area (Å²) in [6.45, 7) is 2.04. The highest BCUT2D eigenvalue weighted by Crippen LogP contribution is 2.23. The van der Waals surface area contributed by atoms with Crippen LogP contribution >= 0.6 is 0 Å². The van der Waals surface area contributed by atoms with Gasteiger partial charge in [0.1, 0.15) is 0 Å². The Bertz CT molecular complexity index is 517. The molecule has 2 heteroatoms. The Labute approximate surface area is 89.7 Å². The number of aromatic nitrogens is 1. The Kier molecular flexibility index (Phi) is 2.47. The van der Waals surface area contributed by atoms with Crippen molar-refractivity contribution in [1.29, 1.82) is 5.26 Å². The molecule has 15 heavy (non-hydrogen) atoms. The number of hydrogen-bond donors (Lipinski definition) is 0. The van der Waals surface area contributed by atoms with Gasteiger partial charge in [0, 0.05) is 18.8 Å². The monoisotopic (exact) mass is 198 g/mol. The number of hydrogen-bond acceptors (Lipinski definition) is 1. The molecule has 0 fully saturated rings. The fraction of sp³-hybridized carbons (Fsp3) is 0.308. The van der Waals surface area contributed by atoms with Gasteiger partial charge in [-0.3, -0.25) is 0 Å². The molecule has 0 aliphatic heterocycles. The quantitative estimate of drug-likeness (QED) is 0.728. The molecule has 2 nitrogen and oxygen atoms in total. The second-order valence-corrected chi connectivity index (χ2v) is 3.83. The molecule has 2 rings (SSSR count). The van der Waals surface area contributed by atoms with E-state index in [2.05, 4.69) is 34.9 Å². The molecule has 0 amide bonds. The third-order valence-electron chi connectivity index (χ3n) is 2.88. The van der Waals surface area contributed by atoms with Crippen molar-refractivity contribution >= 4 is 10.9 Å². The molecule has 0 bridgehead atoms. The fourth-order valence-electron chi connectivity index (χ4n) is 1.92. The van der Waals surface area contributed by atoms with Crippen LogP contribution in [0.1, 0.15) is 24.8 Å². The normalized spacial score (nSPS) is 12.6. The van der Waals surface area contributed by atoms with E-state index in [0.717, 1.165) is 12.0 Å². The number of benzene rings is 1. The van der Waals surface area contributed by atoms with Crippen molar-refractivity contribution in [2.45, 2.75) is 19.3 Å². The van der Waals surface area contributed by atoms with Crippen molar-refractivity contribution in [3.63, 3.8) is 0 Å². The van der Waals surface area contributed by atoms with Crippen LogP contribution in [0.4, 0.5) is 0 Å². The standard InChI is InChI=1S/C13H14N2/c1-3-10(9-14)11-4-5-13-12(8-11)6-7-15(13)2/h4-8,10H,3H2,1-2H3. The molecule has 76 valence electrons. The lowest BCUT2D eigenvalue weighted by atomic mass is 9.97. The molecule has 0 saturated carbocycles. The van der Waals surface area contributed by atoms with Gasteiger partial charge >= 0.3 is 0 Å². The predicted octanol–water partition coefficient (Wildman–Crippen LogP) is 3.20. The van der Waals surface area contributed by atoms with Gasteiger partial charge < -0.3 is 4.57 Å². The summed E-state index contributed by atoms with van der Waals surface area (Å²) in [5.74, 6) is 0.0228. The van der Waals surface area contributed by atoms with Crippen LogP contribution in [0.3, 0.4) is 0 Å². The highest BCUT2D eigenvalue weighted by molar-refractivity contribution is 5.81. The van der Waals surface area contributed by atoms with Crippen LogP contribution in [0.15, 0.2) is 30.5 Å². The van der Waals surface area contributed by atoms with Crippen molar-refractivity contribution in [3.05, 3.63) is 36.0 Å². The van der Waals surface area contributed by atoms with Gasteiger partial charge in [0.05, 0.1) is 12.0 Å². The van der Waals surface area contributed by atoms with Crippen LogP contribution in [-0.4, -0.2) is 4.57 Å². The molecule has 0 spiro atoms. The number of rotatable bonds is 2. The van der Waals surface area contributed by atoms with Crippen molar-refractivity contribution in [1.82, 2.24) is 4.57 Å². The fourth-order valence-corrected chi connectivity index (χ4v) is 1.92. The lowest BCUT2D eigenvalue weighted by Gasteiger charge is -2.06. The van der Waals surface area contributed by atoms with Crippen molar-refractivity contribution in [2.24, 2.45) is 7.05 Å². The summed E-state index contributed by atoms with van der Waals surface area (Å²) in [5, 5.41) is 10.2. The van der Waals surface area contributed by atoms with Crippen LogP contribution in [-0.2, 0) is 7.05 Å². The number of nitriles is 1. The molecular weight excluding hydrogens is 184 g/mol. The van der Waals surface area contributed by atoms with E-state index < -0.39 is 0 Å². The van der Waals surface area contributed by atoms with Gasteiger partial charge in [0.15, 0.2) is 0 Å². The van der Waals surface area contributed by atoms with E-state index in [0.29, 0.717) is 0 Å². The number of fused-ring (bicyclic) bond motifs is 1. The molecule has 0 saturated heterocycles. The highest BCUT2D eigenvalue weighted by atomic mass is 14.9. The summed E-state index contributed by atoms with van der Waals surface area (Å²) >= 11 is 0. The predicted molar refractivity (Wildman–Crippen MR) is 61.6 cm³/mol. The first-order valence-electron chi connectivity index (χ1n) is 5.21. The van der Waals surface area contributed by atoms with E-state index in [9.17, 15) is 0 Å². The van der Waals surface area contributed by atoms with E-state index >= 15 is 0 Å². The molecule has 0 aliphatic rings. The van der Waals surface area contributed by atoms with E-state index in [4.69, 9.17) is 5.26 Å². The van der Waals surface area contributed by atoms with Gasteiger partial charge in [-0.25, -0.2) is 0 Å². The molecule has 1 aromatic heterocycles. The summed E-state index contributed by atoms with van der Waals surface area (Å²) in [4.78, 5) is 0. The second-order valence-electron chi connectivity index (χ2n) is 3.83. The molecule has 0 aliphatic carbocycles. The summed E-state index contributed by atoms with van der Waals surface area (Å²) in [5.41, 5.74) is 2.34. The van der Waals surface area contributed by atoms with Crippen molar-refractivity contribution < 1.29 is 0 Å². The smallest absolute Gasteiger partial charge is 0.0710 e. The molecule has 0 radical (unpaired) electrons. The van der Waals surface area contributed by atoms with Crippen LogP contribution in [0.5, 0.6) is 0 Å². The zero-order valence-electron chi connectivity index (χ0n) is 9.07. The minimum atomic E-state index is 0.0228. The third kappa shape index (κ3) is 1.61. The summed E-state index contributed by atoms with van der Waals surface area (Å²) < 4.78 is 2.09. The van der Waals surface area contributed by atoms with Gasteiger partial charge in [-0.15, -0.1) is 0 Å². The minimum absolute atomic E-state index is 0.0228. The van der Waals surface area contributed by atoms with E-state index in [1.165, 1.54) is 10.9 Å². The second kappa shape index (κ2) is 3.78. The molecule has 2 aromatic rings. The van der Waals surface area contributed by atoms with Gasteiger partial charge in [-0.2, -0.15) is 5.26 Å². The molecular formula is C13H14N2. The maximum atomic E-state index is 9.00. The van der Waals surface area contributed by atoms with Crippen LogP contribution < -0.4 is 0 Å². The molecule has 1 unspecified atom stereocenters.